The zero-order valence-electron chi connectivity index (χ0n) is 14.5. The highest BCUT2D eigenvalue weighted by Crippen LogP contribution is 2.29. The van der Waals surface area contributed by atoms with Crippen molar-refractivity contribution >= 4 is 11.6 Å². The second-order valence-corrected chi connectivity index (χ2v) is 7.07. The van der Waals surface area contributed by atoms with E-state index in [0.29, 0.717) is 5.71 Å². The summed E-state index contributed by atoms with van der Waals surface area (Å²) < 4.78 is 0. The van der Waals surface area contributed by atoms with Gasteiger partial charge in [0, 0.05) is 38.0 Å². The van der Waals surface area contributed by atoms with Gasteiger partial charge in [-0.05, 0) is 12.5 Å². The topological polar surface area (TPSA) is 44.7 Å². The van der Waals surface area contributed by atoms with Crippen LogP contribution in [0.5, 0.6) is 0 Å². The predicted molar refractivity (Wildman–Crippen MR) is 99.5 cm³/mol. The summed E-state index contributed by atoms with van der Waals surface area (Å²) in [5.41, 5.74) is 3.59. The smallest absolute Gasteiger partial charge is 0.272 e. The van der Waals surface area contributed by atoms with Gasteiger partial charge in [0.15, 0.2) is 0 Å². The lowest BCUT2D eigenvalue weighted by Gasteiger charge is -2.37. The Morgan fingerprint density at radius 3 is 2.40 bits per heavy atom. The summed E-state index contributed by atoms with van der Waals surface area (Å²) in [4.78, 5) is 19.7. The average Bonchev–Trinajstić information content (AvgIpc) is 2.95. The quantitative estimate of drug-likeness (QED) is 0.939. The first-order chi connectivity index (χ1) is 12.1. The van der Waals surface area contributed by atoms with Crippen molar-refractivity contribution in [2.45, 2.75) is 32.0 Å². The normalized spacial score (nSPS) is 19.7. The van der Waals surface area contributed by atoms with Gasteiger partial charge in [0.1, 0.15) is 11.4 Å². The fourth-order valence-corrected chi connectivity index (χ4v) is 3.63. The minimum atomic E-state index is -0.412. The Hall–Kier alpha value is -2.46. The first-order valence-electron chi connectivity index (χ1n) is 8.89. The molecule has 1 spiro atoms. The van der Waals surface area contributed by atoms with Crippen LogP contribution in [0.25, 0.3) is 0 Å². The molecule has 1 saturated heterocycles. The molecule has 2 aliphatic rings. The molecular weight excluding hydrogens is 310 g/mol. The van der Waals surface area contributed by atoms with Gasteiger partial charge in [0.05, 0.1) is 0 Å². The monoisotopic (exact) mass is 333 g/mol. The lowest BCUT2D eigenvalue weighted by molar-refractivity contribution is -0.115. The molecule has 2 aliphatic heterocycles. The summed E-state index contributed by atoms with van der Waals surface area (Å²) in [6, 6.07) is 18.5. The van der Waals surface area contributed by atoms with E-state index in [1.54, 1.807) is 0 Å². The van der Waals surface area contributed by atoms with Crippen molar-refractivity contribution in [3.05, 3.63) is 71.3 Å². The number of nitrogens with one attached hydrogen (secondary N) is 1. The average molecular weight is 333 g/mol. The Bertz CT molecular complexity index is 788. The lowest BCUT2D eigenvalue weighted by Crippen LogP contribution is -2.50. The minimum Gasteiger partial charge on any atom is -0.326 e. The molecule has 25 heavy (non-hydrogen) atoms. The number of hydrogen-bond donors (Lipinski definition) is 1. The number of nitrogens with zero attached hydrogens (tertiary/aromatic N) is 2. The molecule has 0 aliphatic carbocycles. The van der Waals surface area contributed by atoms with E-state index in [2.05, 4.69) is 34.5 Å². The van der Waals surface area contributed by atoms with Crippen LogP contribution in [-0.2, 0) is 11.3 Å². The van der Waals surface area contributed by atoms with Crippen molar-refractivity contribution in [1.29, 1.82) is 0 Å². The summed E-state index contributed by atoms with van der Waals surface area (Å²) in [5, 5.41) is 3.15. The van der Waals surface area contributed by atoms with Crippen LogP contribution in [0, 0.1) is 6.92 Å². The van der Waals surface area contributed by atoms with Crippen LogP contribution in [0.15, 0.2) is 59.6 Å². The molecule has 4 rings (SSSR count). The van der Waals surface area contributed by atoms with Gasteiger partial charge < -0.3 is 5.32 Å². The molecule has 0 unspecified atom stereocenters. The highest BCUT2D eigenvalue weighted by Gasteiger charge is 2.41. The number of hydrogen-bond acceptors (Lipinski definition) is 3. The van der Waals surface area contributed by atoms with E-state index in [4.69, 9.17) is 4.99 Å². The number of piperidine rings is 1. The highest BCUT2D eigenvalue weighted by atomic mass is 16.2. The maximum Gasteiger partial charge on any atom is 0.272 e. The SMILES string of the molecule is Cc1ccc(C2=NC3(CCN(Cc4ccccc4)CC3)NC2=O)cc1. The summed E-state index contributed by atoms with van der Waals surface area (Å²) in [6.07, 6.45) is 1.72. The van der Waals surface area contributed by atoms with Crippen LogP contribution in [0.3, 0.4) is 0 Å². The van der Waals surface area contributed by atoms with Crippen LogP contribution in [-0.4, -0.2) is 35.3 Å². The zero-order chi connectivity index (χ0) is 17.3. The molecule has 2 aromatic carbocycles. The Morgan fingerprint density at radius 1 is 1.04 bits per heavy atom. The second-order valence-electron chi connectivity index (χ2n) is 7.07. The van der Waals surface area contributed by atoms with Crippen LogP contribution in [0.1, 0.15) is 29.5 Å². The number of amides is 1. The number of aliphatic imine (C=N–C) groups is 1. The Labute approximate surface area is 148 Å². The number of benzene rings is 2. The molecule has 4 nitrogen and oxygen atoms in total. The number of aryl methyl sites for hydroxylation is 1. The van der Waals surface area contributed by atoms with Crippen molar-refractivity contribution in [2.24, 2.45) is 4.99 Å². The second kappa shape index (κ2) is 6.45. The van der Waals surface area contributed by atoms with Crippen LogP contribution >= 0.6 is 0 Å². The molecule has 0 aromatic heterocycles. The first kappa shape index (κ1) is 16.0. The molecule has 1 fully saturated rings. The molecule has 0 atom stereocenters. The third-order valence-electron chi connectivity index (χ3n) is 5.14. The summed E-state index contributed by atoms with van der Waals surface area (Å²) >= 11 is 0. The molecule has 4 heteroatoms. The van der Waals surface area contributed by atoms with Crippen molar-refractivity contribution in [3.63, 3.8) is 0 Å². The van der Waals surface area contributed by atoms with Gasteiger partial charge in [-0.3, -0.25) is 14.7 Å². The van der Waals surface area contributed by atoms with E-state index in [9.17, 15) is 4.79 Å². The molecule has 1 N–H and O–H groups in total. The Morgan fingerprint density at radius 2 is 1.72 bits per heavy atom. The predicted octanol–water partition coefficient (Wildman–Crippen LogP) is 2.91. The Kier molecular flexibility index (Phi) is 4.14. The van der Waals surface area contributed by atoms with E-state index in [0.717, 1.165) is 38.0 Å². The standard InChI is InChI=1S/C21H23N3O/c1-16-7-9-18(10-8-16)19-20(25)23-21(22-19)11-13-24(14-12-21)15-17-5-3-2-4-6-17/h2-10H,11-15H2,1H3,(H,23,25). The number of rotatable bonds is 3. The van der Waals surface area contributed by atoms with E-state index in [-0.39, 0.29) is 5.91 Å². The molecule has 2 aromatic rings. The Balaban J connectivity index is 1.45. The van der Waals surface area contributed by atoms with Gasteiger partial charge in [-0.1, -0.05) is 60.2 Å². The van der Waals surface area contributed by atoms with Crippen LogP contribution < -0.4 is 5.32 Å². The summed E-state index contributed by atoms with van der Waals surface area (Å²) in [6.45, 7) is 4.89. The van der Waals surface area contributed by atoms with Crippen molar-refractivity contribution in [1.82, 2.24) is 10.2 Å². The highest BCUT2D eigenvalue weighted by molar-refractivity contribution is 6.46. The summed E-state index contributed by atoms with van der Waals surface area (Å²) in [5.74, 6) is -0.0413. The molecule has 0 radical (unpaired) electrons. The number of carbonyl (C=O) groups excluding carboxylic acids is 1. The van der Waals surface area contributed by atoms with Crippen LogP contribution in [0.4, 0.5) is 0 Å². The van der Waals surface area contributed by atoms with E-state index in [1.807, 2.05) is 37.3 Å². The maximum absolute atomic E-state index is 12.5. The zero-order valence-corrected chi connectivity index (χ0v) is 14.5. The minimum absolute atomic E-state index is 0.0413. The first-order valence-corrected chi connectivity index (χ1v) is 8.89. The molecule has 0 saturated carbocycles. The molecule has 0 bridgehead atoms. The molecule has 128 valence electrons. The van der Waals surface area contributed by atoms with Crippen molar-refractivity contribution < 1.29 is 4.79 Å². The van der Waals surface area contributed by atoms with Crippen molar-refractivity contribution in [3.8, 4) is 0 Å². The van der Waals surface area contributed by atoms with Gasteiger partial charge in [0.2, 0.25) is 0 Å². The third-order valence-corrected chi connectivity index (χ3v) is 5.14. The third kappa shape index (κ3) is 3.35. The lowest BCUT2D eigenvalue weighted by atomic mass is 9.97. The van der Waals surface area contributed by atoms with E-state index < -0.39 is 5.66 Å². The number of carbonyl (C=O) groups is 1. The fraction of sp³-hybridized carbons (Fsp3) is 0.333. The van der Waals surface area contributed by atoms with Crippen LogP contribution in [0.2, 0.25) is 0 Å². The van der Waals surface area contributed by atoms with Gasteiger partial charge >= 0.3 is 0 Å². The maximum atomic E-state index is 12.5. The van der Waals surface area contributed by atoms with Crippen molar-refractivity contribution in [2.75, 3.05) is 13.1 Å². The fourth-order valence-electron chi connectivity index (χ4n) is 3.63. The van der Waals surface area contributed by atoms with Gasteiger partial charge in [0.25, 0.3) is 5.91 Å². The molecular formula is C21H23N3O. The molecule has 2 heterocycles. The van der Waals surface area contributed by atoms with E-state index >= 15 is 0 Å². The van der Waals surface area contributed by atoms with Gasteiger partial charge in [-0.15, -0.1) is 0 Å². The molecule has 1 amide bonds. The van der Waals surface area contributed by atoms with Gasteiger partial charge in [-0.2, -0.15) is 0 Å². The van der Waals surface area contributed by atoms with E-state index in [1.165, 1.54) is 11.1 Å². The number of likely N-dealkylation sites (tertiary alicyclic amines) is 1. The largest absolute Gasteiger partial charge is 0.326 e. The summed E-state index contributed by atoms with van der Waals surface area (Å²) in [7, 11) is 0. The van der Waals surface area contributed by atoms with Gasteiger partial charge in [-0.25, -0.2) is 0 Å².